The van der Waals surface area contributed by atoms with Crippen molar-refractivity contribution in [1.82, 2.24) is 10.6 Å². The molecular weight excluding hydrogens is 592 g/mol. The second-order valence-electron chi connectivity index (χ2n) is 14.5. The number of amides is 2. The van der Waals surface area contributed by atoms with Gasteiger partial charge in [0, 0.05) is 30.1 Å². The third-order valence-electron chi connectivity index (χ3n) is 9.14. The highest BCUT2D eigenvalue weighted by Crippen LogP contribution is 2.47. The predicted octanol–water partition coefficient (Wildman–Crippen LogP) is 5.44. The summed E-state index contributed by atoms with van der Waals surface area (Å²) in [5.74, 6) is -2.59. The number of aliphatic hydroxyl groups excluding tert-OH is 1. The van der Waals surface area contributed by atoms with E-state index in [1.54, 1.807) is 0 Å². The van der Waals surface area contributed by atoms with Gasteiger partial charge in [-0.05, 0) is 67.9 Å². The summed E-state index contributed by atoms with van der Waals surface area (Å²) in [5.41, 5.74) is 1.52. The molecule has 2 aromatic rings. The topological polar surface area (TPSA) is 130 Å². The maximum atomic E-state index is 14.0. The Kier molecular flexibility index (Phi) is 14.5. The first kappa shape index (κ1) is 37.8. The highest BCUT2D eigenvalue weighted by Gasteiger charge is 2.48. The number of benzene rings is 2. The molecule has 0 aliphatic heterocycles. The van der Waals surface area contributed by atoms with E-state index in [2.05, 4.69) is 10.6 Å². The molecule has 1 fully saturated rings. The highest BCUT2D eigenvalue weighted by atomic mass is 16.3. The number of nitrogens with one attached hydrogen (secondary N) is 2. The Bertz CT molecular complexity index is 1340. The molecular formula is C39H54N2O6. The van der Waals surface area contributed by atoms with E-state index in [4.69, 9.17) is 0 Å². The van der Waals surface area contributed by atoms with Crippen molar-refractivity contribution in [2.24, 2.45) is 29.1 Å². The molecule has 4 atom stereocenters. The molecule has 3 rings (SSSR count). The van der Waals surface area contributed by atoms with E-state index in [-0.39, 0.29) is 42.2 Å². The normalized spacial score (nSPS) is 16.2. The van der Waals surface area contributed by atoms with Crippen LogP contribution in [0.15, 0.2) is 60.7 Å². The Hall–Kier alpha value is -3.65. The average molecular weight is 647 g/mol. The SMILES string of the molecule is CC(C)CC(NC(=O)C(CC(=O)[C@H](CC(C)C)NC(=O)[C@H](CCc1ccccc1)CC(=O)CO)Cc1ccccc1)C(=O)C1(C)CC1. The van der Waals surface area contributed by atoms with Crippen molar-refractivity contribution in [1.29, 1.82) is 0 Å². The van der Waals surface area contributed by atoms with Crippen LogP contribution in [0.5, 0.6) is 0 Å². The van der Waals surface area contributed by atoms with E-state index in [0.717, 1.165) is 24.0 Å². The zero-order valence-electron chi connectivity index (χ0n) is 28.8. The van der Waals surface area contributed by atoms with Gasteiger partial charge in [-0.25, -0.2) is 0 Å². The van der Waals surface area contributed by atoms with Gasteiger partial charge in [-0.2, -0.15) is 0 Å². The van der Waals surface area contributed by atoms with Gasteiger partial charge in [-0.1, -0.05) is 95.3 Å². The Morgan fingerprint density at radius 2 is 1.23 bits per heavy atom. The minimum atomic E-state index is -0.851. The minimum absolute atomic E-state index is 0.0493. The van der Waals surface area contributed by atoms with Crippen LogP contribution in [-0.2, 0) is 36.8 Å². The second-order valence-corrected chi connectivity index (χ2v) is 14.5. The third kappa shape index (κ3) is 12.5. The van der Waals surface area contributed by atoms with Gasteiger partial charge in [0.1, 0.15) is 6.61 Å². The molecule has 0 aromatic heterocycles. The summed E-state index contributed by atoms with van der Waals surface area (Å²) >= 11 is 0. The number of hydrogen-bond acceptors (Lipinski definition) is 6. The second kappa shape index (κ2) is 18.0. The number of aliphatic hydroxyl groups is 1. The van der Waals surface area contributed by atoms with Crippen LogP contribution < -0.4 is 10.6 Å². The van der Waals surface area contributed by atoms with Crippen molar-refractivity contribution >= 4 is 29.2 Å². The van der Waals surface area contributed by atoms with Crippen molar-refractivity contribution < 1.29 is 29.1 Å². The molecule has 47 heavy (non-hydrogen) atoms. The summed E-state index contributed by atoms with van der Waals surface area (Å²) < 4.78 is 0. The lowest BCUT2D eigenvalue weighted by molar-refractivity contribution is -0.136. The lowest BCUT2D eigenvalue weighted by atomic mass is 9.87. The van der Waals surface area contributed by atoms with Crippen LogP contribution in [-0.4, -0.2) is 53.0 Å². The zero-order valence-corrected chi connectivity index (χ0v) is 28.8. The fourth-order valence-electron chi connectivity index (χ4n) is 6.07. The number of carbonyl (C=O) groups is 5. The minimum Gasteiger partial charge on any atom is -0.389 e. The summed E-state index contributed by atoms with van der Waals surface area (Å²) in [7, 11) is 0. The van der Waals surface area contributed by atoms with E-state index in [0.29, 0.717) is 32.1 Å². The lowest BCUT2D eigenvalue weighted by Gasteiger charge is -2.27. The Labute approximate surface area is 280 Å². The fraction of sp³-hybridized carbons (Fsp3) is 0.564. The summed E-state index contributed by atoms with van der Waals surface area (Å²) in [5, 5.41) is 15.4. The zero-order chi connectivity index (χ0) is 34.6. The van der Waals surface area contributed by atoms with Crippen LogP contribution >= 0.6 is 0 Å². The number of carbonyl (C=O) groups excluding carboxylic acids is 5. The molecule has 1 aliphatic rings. The van der Waals surface area contributed by atoms with Crippen LogP contribution in [0.4, 0.5) is 0 Å². The molecule has 2 aromatic carbocycles. The maximum absolute atomic E-state index is 14.0. The molecule has 0 radical (unpaired) electrons. The van der Waals surface area contributed by atoms with Gasteiger partial charge >= 0.3 is 0 Å². The van der Waals surface area contributed by atoms with Gasteiger partial charge in [-0.3, -0.25) is 24.0 Å². The van der Waals surface area contributed by atoms with Crippen molar-refractivity contribution in [3.05, 3.63) is 71.8 Å². The van der Waals surface area contributed by atoms with Crippen molar-refractivity contribution in [3.8, 4) is 0 Å². The highest BCUT2D eigenvalue weighted by molar-refractivity contribution is 5.97. The van der Waals surface area contributed by atoms with Gasteiger partial charge in [0.25, 0.3) is 0 Å². The standard InChI is InChI=1S/C39H54N2O6/c1-26(2)20-33(40-37(46)30(23-32(43)25-42)17-16-28-12-8-6-9-13-28)35(44)24-31(22-29-14-10-7-11-15-29)38(47)41-34(21-27(3)4)36(45)39(5)18-19-39/h6-15,26-27,30-31,33-34,42H,16-25H2,1-5H3,(H,40,46)(H,41,47)/t30-,31?,33+,34?/m1/s1. The van der Waals surface area contributed by atoms with Gasteiger partial charge < -0.3 is 15.7 Å². The number of rotatable bonds is 21. The quantitative estimate of drug-likeness (QED) is 0.166. The molecule has 1 aliphatic carbocycles. The average Bonchev–Trinajstić information content (AvgIpc) is 3.80. The van der Waals surface area contributed by atoms with E-state index >= 15 is 0 Å². The van der Waals surface area contributed by atoms with Crippen LogP contribution in [0.3, 0.4) is 0 Å². The molecule has 0 bridgehead atoms. The molecule has 0 saturated heterocycles. The van der Waals surface area contributed by atoms with Gasteiger partial charge in [0.05, 0.1) is 12.1 Å². The summed E-state index contributed by atoms with van der Waals surface area (Å²) in [6.07, 6.45) is 3.55. The number of Topliss-reactive ketones (excluding diaryl/α,β-unsaturated/α-hetero) is 3. The van der Waals surface area contributed by atoms with Crippen molar-refractivity contribution in [3.63, 3.8) is 0 Å². The van der Waals surface area contributed by atoms with Crippen LogP contribution in [0, 0.1) is 29.1 Å². The molecule has 1 saturated carbocycles. The molecule has 2 amide bonds. The van der Waals surface area contributed by atoms with E-state index in [1.165, 1.54) is 0 Å². The Morgan fingerprint density at radius 1 is 0.723 bits per heavy atom. The first-order valence-corrected chi connectivity index (χ1v) is 17.2. The summed E-state index contributed by atoms with van der Waals surface area (Å²) in [6.45, 7) is 9.26. The largest absolute Gasteiger partial charge is 0.389 e. The first-order chi connectivity index (χ1) is 22.3. The molecule has 0 heterocycles. The molecule has 2 unspecified atom stereocenters. The van der Waals surface area contributed by atoms with Crippen molar-refractivity contribution in [2.75, 3.05) is 6.61 Å². The third-order valence-corrected chi connectivity index (χ3v) is 9.14. The number of hydrogen-bond donors (Lipinski definition) is 3. The summed E-state index contributed by atoms with van der Waals surface area (Å²) in [4.78, 5) is 67.2. The van der Waals surface area contributed by atoms with Crippen LogP contribution in [0.2, 0.25) is 0 Å². The Balaban J connectivity index is 1.81. The lowest BCUT2D eigenvalue weighted by Crippen LogP contribution is -2.49. The van der Waals surface area contributed by atoms with E-state index in [1.807, 2.05) is 95.3 Å². The first-order valence-electron chi connectivity index (χ1n) is 17.2. The monoisotopic (exact) mass is 646 g/mol. The van der Waals surface area contributed by atoms with E-state index < -0.39 is 47.6 Å². The molecule has 0 spiro atoms. The maximum Gasteiger partial charge on any atom is 0.224 e. The van der Waals surface area contributed by atoms with Crippen LogP contribution in [0.1, 0.15) is 90.7 Å². The fourth-order valence-corrected chi connectivity index (χ4v) is 6.07. The Morgan fingerprint density at radius 3 is 1.77 bits per heavy atom. The smallest absolute Gasteiger partial charge is 0.224 e. The van der Waals surface area contributed by atoms with Gasteiger partial charge in [0.2, 0.25) is 11.8 Å². The molecule has 8 heteroatoms. The predicted molar refractivity (Wildman–Crippen MR) is 183 cm³/mol. The van der Waals surface area contributed by atoms with Gasteiger partial charge in [0.15, 0.2) is 17.3 Å². The van der Waals surface area contributed by atoms with E-state index in [9.17, 15) is 29.1 Å². The summed E-state index contributed by atoms with van der Waals surface area (Å²) in [6, 6.07) is 17.7. The molecule has 8 nitrogen and oxygen atoms in total. The van der Waals surface area contributed by atoms with Gasteiger partial charge in [-0.15, -0.1) is 0 Å². The van der Waals surface area contributed by atoms with Crippen LogP contribution in [0.25, 0.3) is 0 Å². The molecule has 3 N–H and O–H groups in total. The molecule has 256 valence electrons. The number of ketones is 3. The number of aryl methyl sites for hydroxylation is 1. The van der Waals surface area contributed by atoms with Crippen molar-refractivity contribution in [2.45, 2.75) is 104 Å².